The van der Waals surface area contributed by atoms with Crippen LogP contribution in [0, 0.1) is 11.3 Å². The fourth-order valence-electron chi connectivity index (χ4n) is 3.46. The first kappa shape index (κ1) is 22.3. The Balaban J connectivity index is 1.39. The van der Waals surface area contributed by atoms with E-state index in [1.165, 1.54) is 0 Å². The van der Waals surface area contributed by atoms with Crippen LogP contribution < -0.4 is 9.46 Å². The molecule has 1 fully saturated rings. The van der Waals surface area contributed by atoms with E-state index in [9.17, 15) is 8.42 Å². The van der Waals surface area contributed by atoms with Crippen molar-refractivity contribution >= 4 is 10.0 Å². The molecule has 0 radical (unpaired) electrons. The highest BCUT2D eigenvalue weighted by Crippen LogP contribution is 2.23. The molecule has 1 N–H and O–H groups in total. The van der Waals surface area contributed by atoms with E-state index in [1.54, 1.807) is 13.8 Å². The van der Waals surface area contributed by atoms with E-state index < -0.39 is 15.3 Å². The summed E-state index contributed by atoms with van der Waals surface area (Å²) in [7, 11) is -3.21. The van der Waals surface area contributed by atoms with E-state index >= 15 is 0 Å². The van der Waals surface area contributed by atoms with Gasteiger partial charge in [-0.05, 0) is 68.6 Å². The van der Waals surface area contributed by atoms with Gasteiger partial charge in [0.15, 0.2) is 0 Å². The molecule has 1 heterocycles. The SMILES string of the molecule is CC(C)S(=O)(=O)N[C@@H]1CCN(CCCOc2ccc(-c3ccc(C#N)cc3)cc2)C1. The molecule has 6 nitrogen and oxygen atoms in total. The van der Waals surface area contributed by atoms with Crippen LogP contribution in [0.1, 0.15) is 32.3 Å². The number of nitriles is 1. The predicted molar refractivity (Wildman–Crippen MR) is 119 cm³/mol. The van der Waals surface area contributed by atoms with Gasteiger partial charge in [-0.25, -0.2) is 13.1 Å². The van der Waals surface area contributed by atoms with Gasteiger partial charge in [-0.15, -0.1) is 0 Å². The second-order valence-electron chi connectivity index (χ2n) is 7.91. The lowest BCUT2D eigenvalue weighted by molar-refractivity contribution is 0.261. The third-order valence-corrected chi connectivity index (χ3v) is 7.22. The second kappa shape index (κ2) is 10.1. The van der Waals surface area contributed by atoms with Crippen LogP contribution in [0.2, 0.25) is 0 Å². The first-order valence-electron chi connectivity index (χ1n) is 10.3. The van der Waals surface area contributed by atoms with Crippen molar-refractivity contribution in [3.63, 3.8) is 0 Å². The van der Waals surface area contributed by atoms with E-state index in [1.807, 2.05) is 48.5 Å². The number of nitrogens with one attached hydrogen (secondary N) is 1. The van der Waals surface area contributed by atoms with Crippen molar-refractivity contribution in [3.05, 3.63) is 54.1 Å². The molecule has 2 aromatic carbocycles. The van der Waals surface area contributed by atoms with E-state index in [2.05, 4.69) is 15.7 Å². The molecule has 160 valence electrons. The largest absolute Gasteiger partial charge is 0.494 e. The van der Waals surface area contributed by atoms with Crippen LogP contribution in [0.25, 0.3) is 11.1 Å². The predicted octanol–water partition coefficient (Wildman–Crippen LogP) is 3.40. The maximum Gasteiger partial charge on any atom is 0.214 e. The van der Waals surface area contributed by atoms with Gasteiger partial charge < -0.3 is 9.64 Å². The van der Waals surface area contributed by atoms with Gasteiger partial charge >= 0.3 is 0 Å². The summed E-state index contributed by atoms with van der Waals surface area (Å²) in [6, 6.07) is 17.6. The van der Waals surface area contributed by atoms with Gasteiger partial charge in [0.1, 0.15) is 5.75 Å². The lowest BCUT2D eigenvalue weighted by Crippen LogP contribution is -2.40. The molecule has 3 rings (SSSR count). The van der Waals surface area contributed by atoms with Crippen LogP contribution in [0.3, 0.4) is 0 Å². The molecular weight excluding hydrogens is 398 g/mol. The summed E-state index contributed by atoms with van der Waals surface area (Å²) >= 11 is 0. The van der Waals surface area contributed by atoms with Gasteiger partial charge in [0.05, 0.1) is 23.5 Å². The summed E-state index contributed by atoms with van der Waals surface area (Å²) in [6.45, 7) is 6.57. The van der Waals surface area contributed by atoms with Crippen LogP contribution in [-0.4, -0.2) is 50.9 Å². The molecule has 0 bridgehead atoms. The monoisotopic (exact) mass is 427 g/mol. The lowest BCUT2D eigenvalue weighted by Gasteiger charge is -2.18. The standard InChI is InChI=1S/C23H29N3O3S/c1-18(2)30(27,28)25-22-12-14-26(17-22)13-3-15-29-23-10-8-21(9-11-23)20-6-4-19(16-24)5-7-20/h4-11,18,22,25H,3,12-15,17H2,1-2H3/t22-/m1/s1. The molecule has 2 aromatic rings. The Bertz CT molecular complexity index is 964. The highest BCUT2D eigenvalue weighted by atomic mass is 32.2. The minimum Gasteiger partial charge on any atom is -0.494 e. The first-order chi connectivity index (χ1) is 14.4. The molecule has 7 heteroatoms. The molecule has 0 saturated carbocycles. The summed E-state index contributed by atoms with van der Waals surface area (Å²) in [5.74, 6) is 0.830. The van der Waals surface area contributed by atoms with Gasteiger partial charge in [-0.1, -0.05) is 24.3 Å². The molecule has 0 aliphatic carbocycles. The number of nitrogens with zero attached hydrogens (tertiary/aromatic N) is 2. The summed E-state index contributed by atoms with van der Waals surface area (Å²) < 4.78 is 32.6. The number of benzene rings is 2. The second-order valence-corrected chi connectivity index (χ2v) is 10.2. The average Bonchev–Trinajstić information content (AvgIpc) is 3.18. The Morgan fingerprint density at radius 3 is 2.37 bits per heavy atom. The van der Waals surface area contributed by atoms with E-state index in [4.69, 9.17) is 10.00 Å². The van der Waals surface area contributed by atoms with Gasteiger partial charge in [0, 0.05) is 19.1 Å². The van der Waals surface area contributed by atoms with Gasteiger partial charge in [0.2, 0.25) is 10.0 Å². The topological polar surface area (TPSA) is 82.4 Å². The van der Waals surface area contributed by atoms with E-state index in [-0.39, 0.29) is 6.04 Å². The third kappa shape index (κ3) is 6.05. The van der Waals surface area contributed by atoms with Crippen molar-refractivity contribution in [2.45, 2.75) is 38.0 Å². The molecule has 0 unspecified atom stereocenters. The zero-order valence-corrected chi connectivity index (χ0v) is 18.4. The molecule has 30 heavy (non-hydrogen) atoms. The quantitative estimate of drug-likeness (QED) is 0.620. The van der Waals surface area contributed by atoms with Crippen LogP contribution in [0.4, 0.5) is 0 Å². The fourth-order valence-corrected chi connectivity index (χ4v) is 4.39. The van der Waals surface area contributed by atoms with Crippen molar-refractivity contribution in [1.29, 1.82) is 5.26 Å². The maximum atomic E-state index is 12.0. The highest BCUT2D eigenvalue weighted by molar-refractivity contribution is 7.90. The molecule has 0 spiro atoms. The molecule has 0 aromatic heterocycles. The number of rotatable bonds is 9. The van der Waals surface area contributed by atoms with Crippen molar-refractivity contribution in [1.82, 2.24) is 9.62 Å². The first-order valence-corrected chi connectivity index (χ1v) is 11.9. The average molecular weight is 428 g/mol. The highest BCUT2D eigenvalue weighted by Gasteiger charge is 2.27. The van der Waals surface area contributed by atoms with Crippen molar-refractivity contribution < 1.29 is 13.2 Å². The summed E-state index contributed by atoms with van der Waals surface area (Å²) in [6.07, 6.45) is 1.74. The van der Waals surface area contributed by atoms with Crippen LogP contribution >= 0.6 is 0 Å². The maximum absolute atomic E-state index is 12.0. The summed E-state index contributed by atoms with van der Waals surface area (Å²) in [4.78, 5) is 2.28. The number of sulfonamides is 1. The zero-order valence-electron chi connectivity index (χ0n) is 17.5. The number of ether oxygens (including phenoxy) is 1. The minimum absolute atomic E-state index is 0.00749. The Labute approximate surface area is 179 Å². The Morgan fingerprint density at radius 2 is 1.77 bits per heavy atom. The van der Waals surface area contributed by atoms with Crippen molar-refractivity contribution in [2.24, 2.45) is 0 Å². The van der Waals surface area contributed by atoms with Crippen molar-refractivity contribution in [2.75, 3.05) is 26.2 Å². The van der Waals surface area contributed by atoms with E-state index in [0.29, 0.717) is 12.2 Å². The van der Waals surface area contributed by atoms with Gasteiger partial charge in [-0.2, -0.15) is 5.26 Å². The molecule has 0 amide bonds. The van der Waals surface area contributed by atoms with Gasteiger partial charge in [-0.3, -0.25) is 0 Å². The number of hydrogen-bond acceptors (Lipinski definition) is 5. The zero-order chi connectivity index (χ0) is 21.6. The van der Waals surface area contributed by atoms with Crippen molar-refractivity contribution in [3.8, 4) is 22.9 Å². The number of hydrogen-bond donors (Lipinski definition) is 1. The molecule has 1 aliphatic rings. The molecule has 1 atom stereocenters. The van der Waals surface area contributed by atoms with Crippen LogP contribution in [0.5, 0.6) is 5.75 Å². The van der Waals surface area contributed by atoms with Gasteiger partial charge in [0.25, 0.3) is 0 Å². The summed E-state index contributed by atoms with van der Waals surface area (Å²) in [5.41, 5.74) is 2.80. The Hall–Kier alpha value is -2.40. The molecule has 1 saturated heterocycles. The normalized spacial score (nSPS) is 17.2. The third-order valence-electron chi connectivity index (χ3n) is 5.31. The Morgan fingerprint density at radius 1 is 1.13 bits per heavy atom. The smallest absolute Gasteiger partial charge is 0.214 e. The van der Waals surface area contributed by atoms with Crippen LogP contribution in [0.15, 0.2) is 48.5 Å². The molecule has 1 aliphatic heterocycles. The fraction of sp³-hybridized carbons (Fsp3) is 0.435. The minimum atomic E-state index is -3.21. The molecular formula is C23H29N3O3S. The van der Waals surface area contributed by atoms with Crippen LogP contribution in [-0.2, 0) is 10.0 Å². The summed E-state index contributed by atoms with van der Waals surface area (Å²) in [5, 5.41) is 8.49. The number of likely N-dealkylation sites (tertiary alicyclic amines) is 1. The lowest BCUT2D eigenvalue weighted by atomic mass is 10.0. The Kier molecular flexibility index (Phi) is 7.48. The van der Waals surface area contributed by atoms with E-state index in [0.717, 1.165) is 49.4 Å².